The minimum absolute atomic E-state index is 0.0659. The molecule has 0 radical (unpaired) electrons. The van der Waals surface area contributed by atoms with E-state index < -0.39 is 10.0 Å². The molecule has 32 heavy (non-hydrogen) atoms. The first-order valence-corrected chi connectivity index (χ1v) is 12.6. The normalized spacial score (nSPS) is 14.7. The van der Waals surface area contributed by atoms with Crippen LogP contribution in [0.4, 0.5) is 5.69 Å². The van der Waals surface area contributed by atoms with E-state index in [1.807, 2.05) is 0 Å². The molecule has 0 bridgehead atoms. The maximum absolute atomic E-state index is 13.4. The van der Waals surface area contributed by atoms with Crippen molar-refractivity contribution in [2.45, 2.75) is 30.6 Å². The number of likely N-dealkylation sites (tertiary alicyclic amines) is 1. The van der Waals surface area contributed by atoms with Crippen molar-refractivity contribution in [3.8, 4) is 5.75 Å². The molecule has 2 aromatic rings. The largest absolute Gasteiger partial charge is 0.497 e. The van der Waals surface area contributed by atoms with Crippen LogP contribution in [0.3, 0.4) is 0 Å². The van der Waals surface area contributed by atoms with Crippen molar-refractivity contribution in [2.24, 2.45) is 0 Å². The van der Waals surface area contributed by atoms with Crippen LogP contribution in [0.25, 0.3) is 0 Å². The number of sulfonamides is 1. The number of hydrogen-bond donors (Lipinski definition) is 1. The van der Waals surface area contributed by atoms with Gasteiger partial charge in [0, 0.05) is 11.6 Å². The molecule has 174 valence electrons. The average molecular weight is 480 g/mol. The van der Waals surface area contributed by atoms with Crippen LogP contribution in [0, 0.1) is 0 Å². The van der Waals surface area contributed by atoms with Gasteiger partial charge in [-0.25, -0.2) is 8.42 Å². The van der Waals surface area contributed by atoms with Gasteiger partial charge in [-0.2, -0.15) is 0 Å². The standard InChI is InChI=1S/C23H30ClN3O4S/c1-31-21-9-11-22(12-10-21)32(29,30)27(20-8-5-7-19(24)17-20)18-23(28)25-13-6-16-26-14-3-2-4-15-26/h5,7-12,17H,2-4,6,13-16,18H2,1H3,(H,25,28). The van der Waals surface area contributed by atoms with Crippen molar-refractivity contribution in [3.05, 3.63) is 53.6 Å². The molecule has 1 N–H and O–H groups in total. The third-order valence-electron chi connectivity index (χ3n) is 5.45. The SMILES string of the molecule is COc1ccc(S(=O)(=O)N(CC(=O)NCCCN2CCCCC2)c2cccc(Cl)c2)cc1. The average Bonchev–Trinajstić information content (AvgIpc) is 2.81. The molecule has 1 aliphatic rings. The topological polar surface area (TPSA) is 79.0 Å². The molecule has 1 fully saturated rings. The van der Waals surface area contributed by atoms with Crippen molar-refractivity contribution in [1.29, 1.82) is 0 Å². The monoisotopic (exact) mass is 479 g/mol. The van der Waals surface area contributed by atoms with Crippen LogP contribution in [0.15, 0.2) is 53.4 Å². The molecule has 3 rings (SSSR count). The molecule has 0 aromatic heterocycles. The zero-order valence-electron chi connectivity index (χ0n) is 18.3. The van der Waals surface area contributed by atoms with E-state index in [1.54, 1.807) is 30.3 Å². The van der Waals surface area contributed by atoms with Crippen LogP contribution in [0.5, 0.6) is 5.75 Å². The smallest absolute Gasteiger partial charge is 0.264 e. The van der Waals surface area contributed by atoms with Gasteiger partial charge in [-0.15, -0.1) is 0 Å². The number of nitrogens with one attached hydrogen (secondary N) is 1. The van der Waals surface area contributed by atoms with Gasteiger partial charge in [-0.05, 0) is 81.4 Å². The molecule has 1 heterocycles. The van der Waals surface area contributed by atoms with Crippen molar-refractivity contribution < 1.29 is 17.9 Å². The first kappa shape index (κ1) is 24.4. The van der Waals surface area contributed by atoms with Crippen LogP contribution >= 0.6 is 11.6 Å². The van der Waals surface area contributed by atoms with E-state index in [0.717, 1.165) is 30.4 Å². The highest BCUT2D eigenvalue weighted by atomic mass is 35.5. The summed E-state index contributed by atoms with van der Waals surface area (Å²) in [6, 6.07) is 12.5. The van der Waals surface area contributed by atoms with Gasteiger partial charge in [-0.1, -0.05) is 24.1 Å². The molecule has 0 saturated carbocycles. The lowest BCUT2D eigenvalue weighted by Crippen LogP contribution is -2.41. The van der Waals surface area contributed by atoms with E-state index in [2.05, 4.69) is 10.2 Å². The number of halogens is 1. The minimum Gasteiger partial charge on any atom is -0.497 e. The third kappa shape index (κ3) is 6.60. The van der Waals surface area contributed by atoms with E-state index in [9.17, 15) is 13.2 Å². The summed E-state index contributed by atoms with van der Waals surface area (Å²) in [7, 11) is -2.48. The van der Waals surface area contributed by atoms with Crippen LogP contribution in [-0.2, 0) is 14.8 Å². The van der Waals surface area contributed by atoms with Crippen molar-refractivity contribution >= 4 is 33.2 Å². The van der Waals surface area contributed by atoms with Crippen molar-refractivity contribution in [1.82, 2.24) is 10.2 Å². The second-order valence-corrected chi connectivity index (χ2v) is 10.1. The molecule has 7 nitrogen and oxygen atoms in total. The number of anilines is 1. The summed E-state index contributed by atoms with van der Waals surface area (Å²) in [5.74, 6) is 0.186. The molecule has 9 heteroatoms. The summed E-state index contributed by atoms with van der Waals surface area (Å²) >= 11 is 6.09. The number of amides is 1. The van der Waals surface area contributed by atoms with E-state index in [4.69, 9.17) is 16.3 Å². The predicted molar refractivity (Wildman–Crippen MR) is 127 cm³/mol. The summed E-state index contributed by atoms with van der Waals surface area (Å²) in [5, 5.41) is 3.24. The van der Waals surface area contributed by atoms with Crippen LogP contribution in [0.1, 0.15) is 25.7 Å². The second kappa shape index (κ2) is 11.5. The van der Waals surface area contributed by atoms with E-state index in [-0.39, 0.29) is 17.3 Å². The number of nitrogens with zero attached hydrogens (tertiary/aromatic N) is 2. The molecular formula is C23H30ClN3O4S. The number of benzene rings is 2. The lowest BCUT2D eigenvalue weighted by molar-refractivity contribution is -0.119. The highest BCUT2D eigenvalue weighted by Crippen LogP contribution is 2.27. The van der Waals surface area contributed by atoms with Gasteiger partial charge < -0.3 is 15.0 Å². The number of ether oxygens (including phenoxy) is 1. The minimum atomic E-state index is -3.99. The Morgan fingerprint density at radius 1 is 1.12 bits per heavy atom. The Morgan fingerprint density at radius 3 is 2.50 bits per heavy atom. The molecule has 0 unspecified atom stereocenters. The maximum Gasteiger partial charge on any atom is 0.264 e. The first-order chi connectivity index (χ1) is 15.4. The lowest BCUT2D eigenvalue weighted by atomic mass is 10.1. The molecule has 0 spiro atoms. The summed E-state index contributed by atoms with van der Waals surface area (Å²) in [6.07, 6.45) is 4.57. The van der Waals surface area contributed by atoms with E-state index in [1.165, 1.54) is 44.6 Å². The Bertz CT molecular complexity index is 993. The summed E-state index contributed by atoms with van der Waals surface area (Å²) < 4.78 is 32.9. The summed E-state index contributed by atoms with van der Waals surface area (Å²) in [5.41, 5.74) is 0.330. The Kier molecular flexibility index (Phi) is 8.78. The molecule has 0 atom stereocenters. The number of methoxy groups -OCH3 is 1. The predicted octanol–water partition coefficient (Wildman–Crippen LogP) is 3.54. The molecule has 1 amide bonds. The molecule has 0 aliphatic carbocycles. The first-order valence-electron chi connectivity index (χ1n) is 10.8. The molecule has 2 aromatic carbocycles. The van der Waals surface area contributed by atoms with Gasteiger partial charge in [0.1, 0.15) is 12.3 Å². The quantitative estimate of drug-likeness (QED) is 0.527. The third-order valence-corrected chi connectivity index (χ3v) is 7.48. The Balaban J connectivity index is 1.69. The number of carbonyl (C=O) groups excluding carboxylic acids is 1. The van der Waals surface area contributed by atoms with Crippen molar-refractivity contribution in [3.63, 3.8) is 0 Å². The Labute approximate surface area is 195 Å². The zero-order valence-corrected chi connectivity index (χ0v) is 19.9. The summed E-state index contributed by atoms with van der Waals surface area (Å²) in [4.78, 5) is 15.1. The highest BCUT2D eigenvalue weighted by molar-refractivity contribution is 7.92. The zero-order chi connectivity index (χ0) is 23.0. The van der Waals surface area contributed by atoms with Gasteiger partial charge in [0.25, 0.3) is 10.0 Å². The fraction of sp³-hybridized carbons (Fsp3) is 0.435. The number of piperidine rings is 1. The number of carbonyl (C=O) groups is 1. The van der Waals surface area contributed by atoms with E-state index in [0.29, 0.717) is 23.0 Å². The maximum atomic E-state index is 13.4. The van der Waals surface area contributed by atoms with E-state index >= 15 is 0 Å². The van der Waals surface area contributed by atoms with Crippen LogP contribution in [-0.4, -0.2) is 59.1 Å². The Morgan fingerprint density at radius 2 is 1.84 bits per heavy atom. The highest BCUT2D eigenvalue weighted by Gasteiger charge is 2.27. The van der Waals surface area contributed by atoms with Gasteiger partial charge in [0.15, 0.2) is 0 Å². The van der Waals surface area contributed by atoms with Gasteiger partial charge in [0.2, 0.25) is 5.91 Å². The number of rotatable bonds is 10. The van der Waals surface area contributed by atoms with Crippen LogP contribution < -0.4 is 14.4 Å². The van der Waals surface area contributed by atoms with Gasteiger partial charge >= 0.3 is 0 Å². The second-order valence-electron chi connectivity index (χ2n) is 7.77. The molecular weight excluding hydrogens is 450 g/mol. The Hall–Kier alpha value is -2.29. The summed E-state index contributed by atoms with van der Waals surface area (Å²) in [6.45, 7) is 3.31. The molecule has 1 saturated heterocycles. The fourth-order valence-electron chi connectivity index (χ4n) is 3.72. The molecule has 1 aliphatic heterocycles. The number of hydrogen-bond acceptors (Lipinski definition) is 5. The lowest BCUT2D eigenvalue weighted by Gasteiger charge is -2.26. The van der Waals surface area contributed by atoms with Crippen LogP contribution in [0.2, 0.25) is 5.02 Å². The van der Waals surface area contributed by atoms with Crippen molar-refractivity contribution in [2.75, 3.05) is 44.1 Å². The fourth-order valence-corrected chi connectivity index (χ4v) is 5.32. The van der Waals surface area contributed by atoms with Gasteiger partial charge in [-0.3, -0.25) is 9.10 Å². The van der Waals surface area contributed by atoms with Gasteiger partial charge in [0.05, 0.1) is 17.7 Å².